The number of thioether (sulfide) groups is 1. The van der Waals surface area contributed by atoms with Crippen LogP contribution in [0.3, 0.4) is 0 Å². The fourth-order valence-electron chi connectivity index (χ4n) is 4.21. The van der Waals surface area contributed by atoms with E-state index in [0.717, 1.165) is 32.2 Å². The number of halogens is 1. The second kappa shape index (κ2) is 12.2. The number of hydrogen-bond donors (Lipinski definition) is 1. The van der Waals surface area contributed by atoms with Crippen molar-refractivity contribution in [2.45, 2.75) is 39.0 Å². The van der Waals surface area contributed by atoms with E-state index in [2.05, 4.69) is 15.5 Å². The van der Waals surface area contributed by atoms with Gasteiger partial charge in [-0.3, -0.25) is 4.79 Å². The molecular weight excluding hydrogens is 556 g/mol. The number of thiophene rings is 1. The summed E-state index contributed by atoms with van der Waals surface area (Å²) in [4.78, 5) is 26.5. The van der Waals surface area contributed by atoms with Gasteiger partial charge in [-0.05, 0) is 56.5 Å². The SMILES string of the molecule is COC(=O)c1c(NC(=O)CSc2nnc(C(C)Oc3cc(C)c(Cl)c(C)c3)n2C)sc(C)c1-c1ccccc1. The molecule has 2 aromatic heterocycles. The van der Waals surface area contributed by atoms with Crippen LogP contribution in [0.15, 0.2) is 47.6 Å². The van der Waals surface area contributed by atoms with Gasteiger partial charge in [0.1, 0.15) is 16.3 Å². The highest BCUT2D eigenvalue weighted by Gasteiger charge is 2.25. The summed E-state index contributed by atoms with van der Waals surface area (Å²) in [7, 11) is 3.16. The summed E-state index contributed by atoms with van der Waals surface area (Å²) in [5.41, 5.74) is 3.86. The molecule has 0 aliphatic carbocycles. The quantitative estimate of drug-likeness (QED) is 0.171. The van der Waals surface area contributed by atoms with Gasteiger partial charge in [0.2, 0.25) is 5.91 Å². The van der Waals surface area contributed by atoms with E-state index in [0.29, 0.717) is 27.3 Å². The summed E-state index contributed by atoms with van der Waals surface area (Å²) >= 11 is 8.86. The lowest BCUT2D eigenvalue weighted by atomic mass is 10.0. The Morgan fingerprint density at radius 2 is 1.79 bits per heavy atom. The van der Waals surface area contributed by atoms with Gasteiger partial charge < -0.3 is 19.4 Å². The number of methoxy groups -OCH3 is 1. The van der Waals surface area contributed by atoms with Crippen LogP contribution in [0.25, 0.3) is 11.1 Å². The van der Waals surface area contributed by atoms with Crippen LogP contribution >= 0.6 is 34.7 Å². The third-order valence-corrected chi connectivity index (χ3v) is 8.71. The highest BCUT2D eigenvalue weighted by Crippen LogP contribution is 2.40. The topological polar surface area (TPSA) is 95.3 Å². The Hall–Kier alpha value is -3.34. The number of aryl methyl sites for hydroxylation is 3. The first kappa shape index (κ1) is 28.7. The summed E-state index contributed by atoms with van der Waals surface area (Å²) in [5.74, 6) is 0.624. The monoisotopic (exact) mass is 584 g/mol. The summed E-state index contributed by atoms with van der Waals surface area (Å²) in [6.07, 6.45) is -0.376. The minimum atomic E-state index is -0.501. The van der Waals surface area contributed by atoms with Crippen LogP contribution in [0.4, 0.5) is 5.00 Å². The number of rotatable bonds is 9. The second-order valence-electron chi connectivity index (χ2n) is 8.96. The molecule has 4 rings (SSSR count). The molecule has 0 fully saturated rings. The van der Waals surface area contributed by atoms with Crippen molar-refractivity contribution in [3.05, 3.63) is 74.9 Å². The lowest BCUT2D eigenvalue weighted by Gasteiger charge is -2.16. The summed E-state index contributed by atoms with van der Waals surface area (Å²) in [6.45, 7) is 7.68. The molecule has 0 radical (unpaired) electrons. The Morgan fingerprint density at radius 3 is 2.44 bits per heavy atom. The molecule has 0 spiro atoms. The second-order valence-corrected chi connectivity index (χ2v) is 11.5. The minimum Gasteiger partial charge on any atom is -0.483 e. The van der Waals surface area contributed by atoms with Crippen molar-refractivity contribution in [3.63, 3.8) is 0 Å². The van der Waals surface area contributed by atoms with Gasteiger partial charge >= 0.3 is 5.97 Å². The van der Waals surface area contributed by atoms with Crippen LogP contribution < -0.4 is 10.1 Å². The number of nitrogens with zero attached hydrogens (tertiary/aromatic N) is 3. The Morgan fingerprint density at radius 1 is 1.13 bits per heavy atom. The van der Waals surface area contributed by atoms with Crippen molar-refractivity contribution in [1.82, 2.24) is 14.8 Å². The van der Waals surface area contributed by atoms with Crippen LogP contribution in [0.5, 0.6) is 5.75 Å². The number of benzene rings is 2. The van der Waals surface area contributed by atoms with Crippen LogP contribution in [0.2, 0.25) is 5.02 Å². The zero-order chi connectivity index (χ0) is 28.3. The largest absolute Gasteiger partial charge is 0.483 e. The van der Waals surface area contributed by atoms with Crippen molar-refractivity contribution < 1.29 is 19.1 Å². The van der Waals surface area contributed by atoms with Gasteiger partial charge in [-0.25, -0.2) is 4.79 Å². The van der Waals surface area contributed by atoms with Gasteiger partial charge in [0.25, 0.3) is 0 Å². The zero-order valence-electron chi connectivity index (χ0n) is 22.5. The number of carbonyl (C=O) groups excluding carboxylic acids is 2. The molecule has 1 unspecified atom stereocenters. The zero-order valence-corrected chi connectivity index (χ0v) is 24.9. The maximum Gasteiger partial charge on any atom is 0.341 e. The van der Waals surface area contributed by atoms with Crippen molar-refractivity contribution in [3.8, 4) is 16.9 Å². The Kier molecular flexibility index (Phi) is 8.99. The average Bonchev–Trinajstić information content (AvgIpc) is 3.44. The van der Waals surface area contributed by atoms with E-state index in [-0.39, 0.29) is 17.8 Å². The Labute approximate surface area is 240 Å². The molecule has 1 amide bonds. The van der Waals surface area contributed by atoms with Gasteiger partial charge in [-0.2, -0.15) is 0 Å². The standard InChI is InChI=1S/C28H29ClN4O4S2/c1-15-12-20(13-16(2)24(15)29)37-17(3)25-31-32-28(33(25)5)38-14-21(34)30-26-23(27(35)36-6)22(18(4)39-26)19-10-8-7-9-11-19/h7-13,17H,14H2,1-6H3,(H,30,34). The smallest absolute Gasteiger partial charge is 0.341 e. The van der Waals surface area contributed by atoms with Gasteiger partial charge in [0, 0.05) is 22.5 Å². The molecule has 0 aliphatic rings. The van der Waals surface area contributed by atoms with Crippen LogP contribution in [-0.2, 0) is 16.6 Å². The molecule has 0 bridgehead atoms. The molecule has 8 nitrogen and oxygen atoms in total. The molecule has 0 aliphatic heterocycles. The summed E-state index contributed by atoms with van der Waals surface area (Å²) in [5, 5.41) is 13.2. The number of esters is 1. The molecule has 204 valence electrons. The fraction of sp³-hybridized carbons (Fsp3) is 0.286. The first-order valence-electron chi connectivity index (χ1n) is 12.1. The van der Waals surface area contributed by atoms with E-state index in [9.17, 15) is 9.59 Å². The number of carbonyl (C=O) groups is 2. The van der Waals surface area contributed by atoms with E-state index >= 15 is 0 Å². The molecule has 1 atom stereocenters. The number of anilines is 1. The first-order chi connectivity index (χ1) is 18.6. The van der Waals surface area contributed by atoms with E-state index < -0.39 is 5.97 Å². The van der Waals surface area contributed by atoms with Crippen LogP contribution in [-0.4, -0.2) is 39.5 Å². The number of aromatic nitrogens is 3. The van der Waals surface area contributed by atoms with Gasteiger partial charge in [-0.15, -0.1) is 21.5 Å². The summed E-state index contributed by atoms with van der Waals surface area (Å²) < 4.78 is 12.9. The van der Waals surface area contributed by atoms with Gasteiger partial charge in [0.15, 0.2) is 17.1 Å². The molecular formula is C28H29ClN4O4S2. The average molecular weight is 585 g/mol. The van der Waals surface area contributed by atoms with Gasteiger partial charge in [-0.1, -0.05) is 53.7 Å². The molecule has 1 N–H and O–H groups in total. The van der Waals surface area contributed by atoms with E-state index in [4.69, 9.17) is 21.1 Å². The van der Waals surface area contributed by atoms with Crippen LogP contribution in [0.1, 0.15) is 45.2 Å². The molecule has 0 saturated heterocycles. The highest BCUT2D eigenvalue weighted by atomic mass is 35.5. The number of hydrogen-bond acceptors (Lipinski definition) is 8. The predicted molar refractivity (Wildman–Crippen MR) is 156 cm³/mol. The van der Waals surface area contributed by atoms with E-state index in [1.165, 1.54) is 30.2 Å². The Bertz CT molecular complexity index is 1490. The van der Waals surface area contributed by atoms with E-state index in [1.54, 1.807) is 4.57 Å². The van der Waals surface area contributed by atoms with Crippen molar-refractivity contribution in [1.29, 1.82) is 0 Å². The van der Waals surface area contributed by atoms with Gasteiger partial charge in [0.05, 0.1) is 12.9 Å². The normalized spacial score (nSPS) is 11.8. The predicted octanol–water partition coefficient (Wildman–Crippen LogP) is 6.78. The molecule has 11 heteroatoms. The maximum absolute atomic E-state index is 12.9. The third kappa shape index (κ3) is 6.29. The van der Waals surface area contributed by atoms with Crippen molar-refractivity contribution >= 4 is 51.6 Å². The maximum atomic E-state index is 12.9. The molecule has 0 saturated carbocycles. The molecule has 2 heterocycles. The lowest BCUT2D eigenvalue weighted by molar-refractivity contribution is -0.113. The first-order valence-corrected chi connectivity index (χ1v) is 14.3. The van der Waals surface area contributed by atoms with Crippen molar-refractivity contribution in [2.75, 3.05) is 18.2 Å². The number of ether oxygens (including phenoxy) is 2. The fourth-order valence-corrected chi connectivity index (χ4v) is 6.12. The minimum absolute atomic E-state index is 0.0784. The third-order valence-electron chi connectivity index (χ3n) is 6.08. The summed E-state index contributed by atoms with van der Waals surface area (Å²) in [6, 6.07) is 13.3. The number of amides is 1. The lowest BCUT2D eigenvalue weighted by Crippen LogP contribution is -2.16. The van der Waals surface area contributed by atoms with E-state index in [1.807, 2.05) is 77.2 Å². The molecule has 39 heavy (non-hydrogen) atoms. The molecule has 2 aromatic carbocycles. The number of nitrogens with one attached hydrogen (secondary N) is 1. The van der Waals surface area contributed by atoms with Crippen LogP contribution in [0, 0.1) is 20.8 Å². The molecule has 4 aromatic rings. The highest BCUT2D eigenvalue weighted by molar-refractivity contribution is 7.99. The Balaban J connectivity index is 1.45. The van der Waals surface area contributed by atoms with Crippen molar-refractivity contribution in [2.24, 2.45) is 7.05 Å².